The Bertz CT molecular complexity index is 312. The Labute approximate surface area is 96.3 Å². The molecule has 0 bridgehead atoms. The molecule has 1 aromatic rings. The number of hydrogen-bond donors (Lipinski definition) is 0. The first-order chi connectivity index (χ1) is 7.83. The summed E-state index contributed by atoms with van der Waals surface area (Å²) >= 11 is 0. The minimum atomic E-state index is 0.0636. The zero-order valence-corrected chi connectivity index (χ0v) is 9.81. The molecule has 0 aliphatic carbocycles. The number of ether oxygens (including phenoxy) is 3. The number of methoxy groups -OCH3 is 1. The van der Waals surface area contributed by atoms with Crippen LogP contribution in [0.5, 0.6) is 5.75 Å². The van der Waals surface area contributed by atoms with E-state index in [4.69, 9.17) is 14.2 Å². The summed E-state index contributed by atoms with van der Waals surface area (Å²) in [6, 6.07) is 7.95. The second-order valence-electron chi connectivity index (χ2n) is 3.96. The van der Waals surface area contributed by atoms with Gasteiger partial charge in [0.05, 0.1) is 26.4 Å². The van der Waals surface area contributed by atoms with Gasteiger partial charge in [0.1, 0.15) is 11.9 Å². The molecule has 16 heavy (non-hydrogen) atoms. The lowest BCUT2D eigenvalue weighted by molar-refractivity contribution is -0.135. The summed E-state index contributed by atoms with van der Waals surface area (Å²) in [6.07, 6.45) is 1.33. The first-order valence-corrected chi connectivity index (χ1v) is 5.70. The molecule has 2 atom stereocenters. The predicted octanol–water partition coefficient (Wildman–Crippen LogP) is 2.56. The van der Waals surface area contributed by atoms with Gasteiger partial charge in [-0.1, -0.05) is 19.1 Å². The summed E-state index contributed by atoms with van der Waals surface area (Å²) in [7, 11) is 1.67. The Balaban J connectivity index is 1.97. The zero-order chi connectivity index (χ0) is 11.4. The maximum Gasteiger partial charge on any atom is 0.118 e. The zero-order valence-electron chi connectivity index (χ0n) is 9.81. The van der Waals surface area contributed by atoms with Crippen molar-refractivity contribution < 1.29 is 14.2 Å². The fourth-order valence-corrected chi connectivity index (χ4v) is 1.79. The molecule has 0 N–H and O–H groups in total. The highest BCUT2D eigenvalue weighted by molar-refractivity contribution is 5.28. The molecule has 3 nitrogen and oxygen atoms in total. The lowest BCUT2D eigenvalue weighted by Gasteiger charge is -2.29. The minimum Gasteiger partial charge on any atom is -0.497 e. The van der Waals surface area contributed by atoms with Crippen molar-refractivity contribution in [3.8, 4) is 5.75 Å². The highest BCUT2D eigenvalue weighted by atomic mass is 16.6. The van der Waals surface area contributed by atoms with Gasteiger partial charge in [-0.05, 0) is 24.1 Å². The maximum atomic E-state index is 5.78. The Morgan fingerprint density at radius 1 is 1.19 bits per heavy atom. The average molecular weight is 222 g/mol. The highest BCUT2D eigenvalue weighted by Crippen LogP contribution is 2.25. The SMILES string of the molecule is CC[C@H]1CO[C@H](c2ccc(OC)cc2)CO1. The third-order valence-electron chi connectivity index (χ3n) is 2.91. The minimum absolute atomic E-state index is 0.0636. The van der Waals surface area contributed by atoms with Gasteiger partial charge in [0.25, 0.3) is 0 Å². The first kappa shape index (κ1) is 11.4. The fourth-order valence-electron chi connectivity index (χ4n) is 1.79. The molecule has 0 unspecified atom stereocenters. The van der Waals surface area contributed by atoms with Crippen molar-refractivity contribution >= 4 is 0 Å². The quantitative estimate of drug-likeness (QED) is 0.786. The predicted molar refractivity (Wildman–Crippen MR) is 61.7 cm³/mol. The molecule has 1 fully saturated rings. The van der Waals surface area contributed by atoms with Crippen LogP contribution in [0.1, 0.15) is 25.0 Å². The van der Waals surface area contributed by atoms with Crippen molar-refractivity contribution in [2.75, 3.05) is 20.3 Å². The van der Waals surface area contributed by atoms with Crippen molar-refractivity contribution in [2.45, 2.75) is 25.6 Å². The molecule has 0 spiro atoms. The van der Waals surface area contributed by atoms with Crippen molar-refractivity contribution in [3.63, 3.8) is 0 Å². The lowest BCUT2D eigenvalue weighted by atomic mass is 10.1. The third-order valence-corrected chi connectivity index (χ3v) is 2.91. The number of rotatable bonds is 3. The van der Waals surface area contributed by atoms with E-state index in [1.54, 1.807) is 7.11 Å². The van der Waals surface area contributed by atoms with Crippen LogP contribution in [0.3, 0.4) is 0 Å². The highest BCUT2D eigenvalue weighted by Gasteiger charge is 2.22. The van der Waals surface area contributed by atoms with Crippen LogP contribution < -0.4 is 4.74 Å². The van der Waals surface area contributed by atoms with Gasteiger partial charge < -0.3 is 14.2 Å². The largest absolute Gasteiger partial charge is 0.497 e. The molecule has 1 saturated heterocycles. The average Bonchev–Trinajstić information content (AvgIpc) is 2.39. The molecule has 1 aliphatic heterocycles. The number of benzene rings is 1. The van der Waals surface area contributed by atoms with E-state index < -0.39 is 0 Å². The van der Waals surface area contributed by atoms with E-state index >= 15 is 0 Å². The van der Waals surface area contributed by atoms with Crippen LogP contribution in [-0.2, 0) is 9.47 Å². The lowest BCUT2D eigenvalue weighted by Crippen LogP contribution is -2.30. The Morgan fingerprint density at radius 2 is 1.94 bits per heavy atom. The van der Waals surface area contributed by atoms with E-state index in [0.717, 1.165) is 17.7 Å². The van der Waals surface area contributed by atoms with Crippen LogP contribution in [0.2, 0.25) is 0 Å². The molecular weight excluding hydrogens is 204 g/mol. The summed E-state index contributed by atoms with van der Waals surface area (Å²) < 4.78 is 16.6. The van der Waals surface area contributed by atoms with E-state index in [2.05, 4.69) is 6.92 Å². The molecule has 2 rings (SSSR count). The van der Waals surface area contributed by atoms with Gasteiger partial charge >= 0.3 is 0 Å². The molecule has 3 heteroatoms. The normalized spacial score (nSPS) is 25.4. The smallest absolute Gasteiger partial charge is 0.118 e. The first-order valence-electron chi connectivity index (χ1n) is 5.70. The van der Waals surface area contributed by atoms with Crippen LogP contribution in [0.25, 0.3) is 0 Å². The van der Waals surface area contributed by atoms with Crippen LogP contribution in [0.15, 0.2) is 24.3 Å². The summed E-state index contributed by atoms with van der Waals surface area (Å²) in [5, 5.41) is 0. The summed E-state index contributed by atoms with van der Waals surface area (Å²) in [6.45, 7) is 3.44. The van der Waals surface area contributed by atoms with Crippen molar-refractivity contribution in [2.24, 2.45) is 0 Å². The molecule has 0 amide bonds. The van der Waals surface area contributed by atoms with Gasteiger partial charge in [-0.3, -0.25) is 0 Å². The van der Waals surface area contributed by atoms with Gasteiger partial charge in [0, 0.05) is 0 Å². The van der Waals surface area contributed by atoms with E-state index in [1.807, 2.05) is 24.3 Å². The van der Waals surface area contributed by atoms with E-state index in [0.29, 0.717) is 13.2 Å². The van der Waals surface area contributed by atoms with Crippen LogP contribution >= 0.6 is 0 Å². The molecule has 1 aromatic carbocycles. The topological polar surface area (TPSA) is 27.7 Å². The monoisotopic (exact) mass is 222 g/mol. The van der Waals surface area contributed by atoms with Crippen LogP contribution in [0, 0.1) is 0 Å². The molecule has 0 aromatic heterocycles. The number of hydrogen-bond acceptors (Lipinski definition) is 3. The summed E-state index contributed by atoms with van der Waals surface area (Å²) in [5.41, 5.74) is 1.15. The van der Waals surface area contributed by atoms with Gasteiger partial charge in [-0.15, -0.1) is 0 Å². The Kier molecular flexibility index (Phi) is 3.80. The van der Waals surface area contributed by atoms with Crippen LogP contribution in [0.4, 0.5) is 0 Å². The maximum absolute atomic E-state index is 5.78. The van der Waals surface area contributed by atoms with Crippen LogP contribution in [-0.4, -0.2) is 26.4 Å². The van der Waals surface area contributed by atoms with E-state index in [9.17, 15) is 0 Å². The summed E-state index contributed by atoms with van der Waals surface area (Å²) in [5.74, 6) is 0.868. The Hall–Kier alpha value is -1.06. The third kappa shape index (κ3) is 2.54. The van der Waals surface area contributed by atoms with Gasteiger partial charge in [0.15, 0.2) is 0 Å². The van der Waals surface area contributed by atoms with Gasteiger partial charge in [-0.25, -0.2) is 0 Å². The van der Waals surface area contributed by atoms with Crippen molar-refractivity contribution in [3.05, 3.63) is 29.8 Å². The van der Waals surface area contributed by atoms with Crippen molar-refractivity contribution in [1.29, 1.82) is 0 Å². The van der Waals surface area contributed by atoms with E-state index in [1.165, 1.54) is 0 Å². The second kappa shape index (κ2) is 5.32. The Morgan fingerprint density at radius 3 is 2.44 bits per heavy atom. The second-order valence-corrected chi connectivity index (χ2v) is 3.96. The molecule has 1 aliphatic rings. The molecule has 0 radical (unpaired) electrons. The summed E-state index contributed by atoms with van der Waals surface area (Å²) in [4.78, 5) is 0. The van der Waals surface area contributed by atoms with Gasteiger partial charge in [0.2, 0.25) is 0 Å². The molecule has 1 heterocycles. The molecule has 0 saturated carbocycles. The van der Waals surface area contributed by atoms with E-state index in [-0.39, 0.29) is 12.2 Å². The fraction of sp³-hybridized carbons (Fsp3) is 0.538. The molecular formula is C13H18O3. The van der Waals surface area contributed by atoms with Gasteiger partial charge in [-0.2, -0.15) is 0 Å². The standard InChI is InChI=1S/C13H18O3/c1-3-11-8-16-13(9-15-11)10-4-6-12(14-2)7-5-10/h4-7,11,13H,3,8-9H2,1-2H3/t11-,13-/m0/s1. The molecule has 88 valence electrons. The van der Waals surface area contributed by atoms with Crippen molar-refractivity contribution in [1.82, 2.24) is 0 Å².